The van der Waals surface area contributed by atoms with Crippen molar-refractivity contribution in [2.75, 3.05) is 31.6 Å². The molecule has 1 aliphatic rings. The Hall–Kier alpha value is -0.0300. The highest BCUT2D eigenvalue weighted by molar-refractivity contribution is 9.10. The molecule has 0 spiro atoms. The minimum atomic E-state index is -0.628. The molecule has 1 aliphatic heterocycles. The van der Waals surface area contributed by atoms with E-state index in [1.807, 2.05) is 36.0 Å². The van der Waals surface area contributed by atoms with Gasteiger partial charge in [0.1, 0.15) is 0 Å². The Bertz CT molecular complexity index is 388. The first kappa shape index (κ1) is 15.4. The molecule has 1 aromatic rings. The molecule has 2 nitrogen and oxygen atoms in total. The number of hydrogen-bond donors (Lipinski definition) is 1. The van der Waals surface area contributed by atoms with Crippen molar-refractivity contribution in [2.24, 2.45) is 0 Å². The van der Waals surface area contributed by atoms with E-state index in [1.54, 1.807) is 0 Å². The van der Waals surface area contributed by atoms with Crippen molar-refractivity contribution in [2.45, 2.75) is 24.9 Å². The lowest BCUT2D eigenvalue weighted by Gasteiger charge is -2.38. The zero-order valence-electron chi connectivity index (χ0n) is 11.4. The lowest BCUT2D eigenvalue weighted by molar-refractivity contribution is -0.0257. The van der Waals surface area contributed by atoms with E-state index in [9.17, 15) is 5.11 Å². The molecule has 1 saturated heterocycles. The summed E-state index contributed by atoms with van der Waals surface area (Å²) in [5, 5.41) is 10.8. The van der Waals surface area contributed by atoms with Crippen LogP contribution in [-0.2, 0) is 5.60 Å². The maximum Gasteiger partial charge on any atom is 0.0920 e. The third-order valence-electron chi connectivity index (χ3n) is 3.89. The molecule has 1 fully saturated rings. The molecule has 0 saturated carbocycles. The number of thioether (sulfide) groups is 1. The van der Waals surface area contributed by atoms with Crippen LogP contribution in [0.3, 0.4) is 0 Å². The summed E-state index contributed by atoms with van der Waals surface area (Å²) in [6.07, 6.45) is 5.09. The van der Waals surface area contributed by atoms with Crippen LogP contribution < -0.4 is 0 Å². The fourth-order valence-corrected chi connectivity index (χ4v) is 3.31. The van der Waals surface area contributed by atoms with Crippen LogP contribution in [0.5, 0.6) is 0 Å². The van der Waals surface area contributed by atoms with Crippen molar-refractivity contribution in [3.05, 3.63) is 34.3 Å². The number of hydrogen-bond acceptors (Lipinski definition) is 3. The van der Waals surface area contributed by atoms with Crippen molar-refractivity contribution in [3.63, 3.8) is 0 Å². The van der Waals surface area contributed by atoms with E-state index >= 15 is 0 Å². The summed E-state index contributed by atoms with van der Waals surface area (Å²) in [5.41, 5.74) is 0.427. The second-order valence-electron chi connectivity index (χ2n) is 5.23. The minimum Gasteiger partial charge on any atom is -0.385 e. The lowest BCUT2D eigenvalue weighted by atomic mass is 9.84. The molecule has 1 N–H and O–H groups in total. The summed E-state index contributed by atoms with van der Waals surface area (Å²) in [4.78, 5) is 2.48. The largest absolute Gasteiger partial charge is 0.385 e. The van der Waals surface area contributed by atoms with Crippen LogP contribution in [0, 0.1) is 0 Å². The molecule has 1 heterocycles. The van der Waals surface area contributed by atoms with Gasteiger partial charge in [0.05, 0.1) is 5.60 Å². The molecule has 0 amide bonds. The van der Waals surface area contributed by atoms with Gasteiger partial charge in [-0.1, -0.05) is 28.1 Å². The smallest absolute Gasteiger partial charge is 0.0920 e. The molecule has 0 atom stereocenters. The molecule has 0 bridgehead atoms. The third-order valence-corrected chi connectivity index (χ3v) is 5.11. The van der Waals surface area contributed by atoms with Gasteiger partial charge in [-0.05, 0) is 55.5 Å². The maximum absolute atomic E-state index is 10.8. The van der Waals surface area contributed by atoms with Crippen LogP contribution in [0.25, 0.3) is 0 Å². The maximum atomic E-state index is 10.8. The Morgan fingerprint density at radius 1 is 1.26 bits per heavy atom. The van der Waals surface area contributed by atoms with E-state index in [2.05, 4.69) is 27.1 Å². The van der Waals surface area contributed by atoms with Gasteiger partial charge in [0.15, 0.2) is 0 Å². The average Bonchev–Trinajstić information content (AvgIpc) is 2.42. The van der Waals surface area contributed by atoms with Gasteiger partial charge in [-0.3, -0.25) is 0 Å². The number of rotatable bonds is 5. The van der Waals surface area contributed by atoms with Gasteiger partial charge >= 0.3 is 0 Å². The Balaban J connectivity index is 1.89. The molecule has 0 unspecified atom stereocenters. The highest BCUT2D eigenvalue weighted by atomic mass is 79.9. The molecule has 4 heteroatoms. The predicted molar refractivity (Wildman–Crippen MR) is 86.7 cm³/mol. The second-order valence-corrected chi connectivity index (χ2v) is 7.13. The highest BCUT2D eigenvalue weighted by Gasteiger charge is 2.33. The Morgan fingerprint density at radius 3 is 2.47 bits per heavy atom. The molecular formula is C15H22BrNOS. The van der Waals surface area contributed by atoms with Crippen LogP contribution in [-0.4, -0.2) is 41.6 Å². The Kier molecular flexibility index (Phi) is 5.75. The fourth-order valence-electron chi connectivity index (χ4n) is 2.63. The molecule has 0 radical (unpaired) electrons. The monoisotopic (exact) mass is 343 g/mol. The first-order chi connectivity index (χ1) is 9.14. The van der Waals surface area contributed by atoms with Gasteiger partial charge in [0.2, 0.25) is 0 Å². The van der Waals surface area contributed by atoms with E-state index in [0.29, 0.717) is 0 Å². The molecular weight excluding hydrogens is 322 g/mol. The number of piperidine rings is 1. The first-order valence-corrected chi connectivity index (χ1v) is 9.02. The zero-order valence-corrected chi connectivity index (χ0v) is 13.8. The summed E-state index contributed by atoms with van der Waals surface area (Å²) >= 11 is 5.35. The van der Waals surface area contributed by atoms with Crippen LogP contribution in [0.15, 0.2) is 28.7 Å². The second kappa shape index (κ2) is 7.11. The van der Waals surface area contributed by atoms with Crippen LogP contribution >= 0.6 is 27.7 Å². The summed E-state index contributed by atoms with van der Waals surface area (Å²) in [6, 6.07) is 8.09. The van der Waals surface area contributed by atoms with Crippen molar-refractivity contribution < 1.29 is 5.11 Å². The Morgan fingerprint density at radius 2 is 1.89 bits per heavy atom. The molecule has 19 heavy (non-hydrogen) atoms. The van der Waals surface area contributed by atoms with Gasteiger partial charge in [-0.2, -0.15) is 11.8 Å². The minimum absolute atomic E-state index is 0.628. The van der Waals surface area contributed by atoms with Crippen molar-refractivity contribution in [3.8, 4) is 0 Å². The van der Waals surface area contributed by atoms with E-state index in [0.717, 1.165) is 42.5 Å². The average molecular weight is 344 g/mol. The normalized spacial score (nSPS) is 19.5. The fraction of sp³-hybridized carbons (Fsp3) is 0.600. The molecule has 1 aromatic carbocycles. The van der Waals surface area contributed by atoms with E-state index in [1.165, 1.54) is 12.2 Å². The lowest BCUT2D eigenvalue weighted by Crippen LogP contribution is -2.42. The van der Waals surface area contributed by atoms with Gasteiger partial charge < -0.3 is 10.0 Å². The summed E-state index contributed by atoms with van der Waals surface area (Å²) in [7, 11) is 0. The summed E-state index contributed by atoms with van der Waals surface area (Å²) in [6.45, 7) is 3.17. The quantitative estimate of drug-likeness (QED) is 0.828. The topological polar surface area (TPSA) is 23.5 Å². The van der Waals surface area contributed by atoms with Crippen molar-refractivity contribution in [1.29, 1.82) is 0 Å². The Labute approximate surface area is 128 Å². The first-order valence-electron chi connectivity index (χ1n) is 6.84. The van der Waals surface area contributed by atoms with Crippen LogP contribution in [0.4, 0.5) is 0 Å². The number of nitrogens with zero attached hydrogens (tertiary/aromatic N) is 1. The third kappa shape index (κ3) is 4.22. The standard InChI is InChI=1S/C15H22BrNOS/c1-19-12-2-9-17-10-7-15(18,8-11-17)13-3-5-14(16)6-4-13/h3-6,18H,2,7-12H2,1H3. The van der Waals surface area contributed by atoms with Crippen molar-refractivity contribution in [1.82, 2.24) is 4.90 Å². The molecule has 0 aliphatic carbocycles. The van der Waals surface area contributed by atoms with E-state index in [-0.39, 0.29) is 0 Å². The summed E-state index contributed by atoms with van der Waals surface area (Å²) in [5.74, 6) is 1.23. The van der Waals surface area contributed by atoms with Gasteiger partial charge in [0, 0.05) is 17.6 Å². The number of aliphatic hydroxyl groups is 1. The van der Waals surface area contributed by atoms with Gasteiger partial charge in [-0.15, -0.1) is 0 Å². The molecule has 106 valence electrons. The summed E-state index contributed by atoms with van der Waals surface area (Å²) < 4.78 is 1.06. The van der Waals surface area contributed by atoms with E-state index in [4.69, 9.17) is 0 Å². The molecule has 0 aromatic heterocycles. The zero-order chi connectivity index (χ0) is 13.7. The predicted octanol–water partition coefficient (Wildman–Crippen LogP) is 3.49. The van der Waals surface area contributed by atoms with Gasteiger partial charge in [-0.25, -0.2) is 0 Å². The van der Waals surface area contributed by atoms with Crippen LogP contribution in [0.2, 0.25) is 0 Å². The highest BCUT2D eigenvalue weighted by Crippen LogP contribution is 2.33. The number of benzene rings is 1. The number of halogens is 1. The number of likely N-dealkylation sites (tertiary alicyclic amines) is 1. The van der Waals surface area contributed by atoms with Crippen LogP contribution in [0.1, 0.15) is 24.8 Å². The van der Waals surface area contributed by atoms with E-state index < -0.39 is 5.60 Å². The molecule has 2 rings (SSSR count). The SMILES string of the molecule is CSCCCN1CCC(O)(c2ccc(Br)cc2)CC1. The van der Waals surface area contributed by atoms with Gasteiger partial charge in [0.25, 0.3) is 0 Å². The van der Waals surface area contributed by atoms with Crippen molar-refractivity contribution >= 4 is 27.7 Å².